The summed E-state index contributed by atoms with van der Waals surface area (Å²) in [6, 6.07) is 7.45. The molecule has 1 aromatic carbocycles. The average Bonchev–Trinajstić information content (AvgIpc) is 2.94. The van der Waals surface area contributed by atoms with Gasteiger partial charge in [-0.2, -0.15) is 0 Å². The van der Waals surface area contributed by atoms with E-state index in [1.165, 1.54) is 0 Å². The molecule has 0 saturated heterocycles. The van der Waals surface area contributed by atoms with Crippen molar-refractivity contribution in [1.82, 2.24) is 9.97 Å². The second-order valence-electron chi connectivity index (χ2n) is 5.34. The van der Waals surface area contributed by atoms with Gasteiger partial charge in [0.05, 0.1) is 5.52 Å². The number of carboxylic acid groups (broad SMARTS) is 1. The number of aromatic nitrogens is 2. The Morgan fingerprint density at radius 3 is 2.86 bits per heavy atom. The molecule has 0 bridgehead atoms. The predicted molar refractivity (Wildman–Crippen MR) is 78.3 cm³/mol. The number of hydrogen-bond donors (Lipinski definition) is 3. The van der Waals surface area contributed by atoms with E-state index in [-0.39, 0.29) is 24.4 Å². The summed E-state index contributed by atoms with van der Waals surface area (Å²) in [6.45, 7) is 0.131. The van der Waals surface area contributed by atoms with Crippen LogP contribution in [0.25, 0.3) is 10.9 Å². The van der Waals surface area contributed by atoms with Crippen LogP contribution < -0.4 is 5.32 Å². The van der Waals surface area contributed by atoms with Crippen molar-refractivity contribution in [2.75, 3.05) is 11.9 Å². The summed E-state index contributed by atoms with van der Waals surface area (Å²) >= 11 is 0. The number of hydrogen-bond acceptors (Lipinski definition) is 5. The maximum atomic E-state index is 11.2. The molecule has 21 heavy (non-hydrogen) atoms. The number of carboxylic acids is 1. The Kier molecular flexibility index (Phi) is 3.70. The molecular weight excluding hydrogens is 270 g/mol. The molecule has 0 amide bonds. The Balaban J connectivity index is 2.01. The molecule has 1 aliphatic rings. The van der Waals surface area contributed by atoms with Crippen LogP contribution in [0.3, 0.4) is 0 Å². The number of nitrogens with one attached hydrogen (secondary N) is 1. The summed E-state index contributed by atoms with van der Waals surface area (Å²) in [6.07, 6.45) is 2.98. The SMILES string of the molecule is O=C(O)c1nc(NC2CCCC2CO)c2ccccc2n1. The summed E-state index contributed by atoms with van der Waals surface area (Å²) < 4.78 is 0. The van der Waals surface area contributed by atoms with Gasteiger partial charge in [-0.1, -0.05) is 18.6 Å². The molecule has 0 aliphatic heterocycles. The number of nitrogens with zero attached hydrogens (tertiary/aromatic N) is 2. The Hall–Kier alpha value is -2.21. The second-order valence-corrected chi connectivity index (χ2v) is 5.34. The summed E-state index contributed by atoms with van der Waals surface area (Å²) in [5.74, 6) is -0.640. The molecule has 2 aromatic rings. The maximum Gasteiger partial charge on any atom is 0.374 e. The Labute approximate surface area is 121 Å². The third kappa shape index (κ3) is 2.67. The maximum absolute atomic E-state index is 11.2. The molecular formula is C15H17N3O3. The van der Waals surface area contributed by atoms with Gasteiger partial charge in [-0.05, 0) is 25.0 Å². The highest BCUT2D eigenvalue weighted by Crippen LogP contribution is 2.30. The molecule has 110 valence electrons. The minimum absolute atomic E-state index is 0.120. The van der Waals surface area contributed by atoms with E-state index in [1.54, 1.807) is 6.07 Å². The van der Waals surface area contributed by atoms with Crippen LogP contribution in [0.1, 0.15) is 29.9 Å². The Bertz CT molecular complexity index is 674. The smallest absolute Gasteiger partial charge is 0.374 e. The lowest BCUT2D eigenvalue weighted by molar-refractivity contribution is 0.0684. The summed E-state index contributed by atoms with van der Waals surface area (Å²) in [5.41, 5.74) is 0.603. The molecule has 1 aliphatic carbocycles. The summed E-state index contributed by atoms with van der Waals surface area (Å²) in [5, 5.41) is 22.6. The number of aliphatic hydroxyl groups excluding tert-OH is 1. The molecule has 2 atom stereocenters. The summed E-state index contributed by atoms with van der Waals surface area (Å²) in [7, 11) is 0. The lowest BCUT2D eigenvalue weighted by Gasteiger charge is -2.20. The molecule has 1 saturated carbocycles. The fourth-order valence-electron chi connectivity index (χ4n) is 2.90. The van der Waals surface area contributed by atoms with Gasteiger partial charge in [0.1, 0.15) is 5.82 Å². The Morgan fingerprint density at radius 2 is 2.10 bits per heavy atom. The second kappa shape index (κ2) is 5.65. The monoisotopic (exact) mass is 287 g/mol. The molecule has 1 heterocycles. The van der Waals surface area contributed by atoms with E-state index in [1.807, 2.05) is 18.2 Å². The van der Waals surface area contributed by atoms with Gasteiger partial charge in [0.25, 0.3) is 0 Å². The largest absolute Gasteiger partial charge is 0.475 e. The van der Waals surface area contributed by atoms with E-state index in [4.69, 9.17) is 5.11 Å². The van der Waals surface area contributed by atoms with E-state index in [2.05, 4.69) is 15.3 Å². The third-order valence-electron chi connectivity index (χ3n) is 4.01. The van der Waals surface area contributed by atoms with Crippen molar-refractivity contribution in [2.45, 2.75) is 25.3 Å². The molecule has 0 spiro atoms. The topological polar surface area (TPSA) is 95.3 Å². The standard InChI is InChI=1S/C15H17N3O3/c19-8-9-4-3-7-11(9)16-13-10-5-1-2-6-12(10)17-14(18-13)15(20)21/h1-2,5-6,9,11,19H,3-4,7-8H2,(H,20,21)(H,16,17,18). The van der Waals surface area contributed by atoms with Gasteiger partial charge in [-0.15, -0.1) is 0 Å². The van der Waals surface area contributed by atoms with Gasteiger partial charge in [-0.3, -0.25) is 0 Å². The molecule has 0 radical (unpaired) electrons. The lowest BCUT2D eigenvalue weighted by atomic mass is 10.0. The first kappa shape index (κ1) is 13.8. The molecule has 2 unspecified atom stereocenters. The number of rotatable bonds is 4. The highest BCUT2D eigenvalue weighted by atomic mass is 16.4. The number of aliphatic hydroxyl groups is 1. The van der Waals surface area contributed by atoms with E-state index in [9.17, 15) is 9.90 Å². The van der Waals surface area contributed by atoms with Crippen molar-refractivity contribution in [2.24, 2.45) is 5.92 Å². The van der Waals surface area contributed by atoms with E-state index in [0.717, 1.165) is 24.6 Å². The Morgan fingerprint density at radius 1 is 1.29 bits per heavy atom. The predicted octanol–water partition coefficient (Wildman–Crippen LogP) is 1.90. The fraction of sp³-hybridized carbons (Fsp3) is 0.400. The van der Waals surface area contributed by atoms with Crippen molar-refractivity contribution in [3.05, 3.63) is 30.1 Å². The minimum Gasteiger partial charge on any atom is -0.475 e. The third-order valence-corrected chi connectivity index (χ3v) is 4.01. The number of anilines is 1. The highest BCUT2D eigenvalue weighted by Gasteiger charge is 2.27. The van der Waals surface area contributed by atoms with Crippen LogP contribution in [0, 0.1) is 5.92 Å². The van der Waals surface area contributed by atoms with Gasteiger partial charge in [0.15, 0.2) is 0 Å². The van der Waals surface area contributed by atoms with Crippen LogP contribution in [-0.4, -0.2) is 38.8 Å². The van der Waals surface area contributed by atoms with Crippen LogP contribution in [0.15, 0.2) is 24.3 Å². The number of benzene rings is 1. The first-order chi connectivity index (χ1) is 10.2. The van der Waals surface area contributed by atoms with Crippen LogP contribution in [-0.2, 0) is 0 Å². The fourth-order valence-corrected chi connectivity index (χ4v) is 2.90. The van der Waals surface area contributed by atoms with E-state index in [0.29, 0.717) is 11.3 Å². The minimum atomic E-state index is -1.14. The zero-order valence-corrected chi connectivity index (χ0v) is 11.5. The number of carbonyl (C=O) groups is 1. The number of aromatic carboxylic acids is 1. The van der Waals surface area contributed by atoms with Gasteiger partial charge >= 0.3 is 5.97 Å². The van der Waals surface area contributed by atoms with Crippen molar-refractivity contribution >= 4 is 22.7 Å². The molecule has 1 fully saturated rings. The van der Waals surface area contributed by atoms with Crippen LogP contribution in [0.4, 0.5) is 5.82 Å². The van der Waals surface area contributed by atoms with E-state index >= 15 is 0 Å². The zero-order valence-electron chi connectivity index (χ0n) is 11.5. The van der Waals surface area contributed by atoms with Crippen LogP contribution in [0.2, 0.25) is 0 Å². The van der Waals surface area contributed by atoms with Crippen molar-refractivity contribution in [3.8, 4) is 0 Å². The lowest BCUT2D eigenvalue weighted by Crippen LogP contribution is -2.27. The number of fused-ring (bicyclic) bond motifs is 1. The quantitative estimate of drug-likeness (QED) is 0.795. The zero-order chi connectivity index (χ0) is 14.8. The van der Waals surface area contributed by atoms with Crippen molar-refractivity contribution in [3.63, 3.8) is 0 Å². The molecule has 1 aromatic heterocycles. The molecule has 6 nitrogen and oxygen atoms in total. The first-order valence-corrected chi connectivity index (χ1v) is 7.06. The average molecular weight is 287 g/mol. The first-order valence-electron chi connectivity index (χ1n) is 7.06. The van der Waals surface area contributed by atoms with Crippen LogP contribution in [0.5, 0.6) is 0 Å². The molecule has 6 heteroatoms. The van der Waals surface area contributed by atoms with Gasteiger partial charge in [0.2, 0.25) is 5.82 Å². The normalized spacial score (nSPS) is 21.6. The summed E-state index contributed by atoms with van der Waals surface area (Å²) in [4.78, 5) is 19.3. The molecule has 3 N–H and O–H groups in total. The van der Waals surface area contributed by atoms with Crippen molar-refractivity contribution in [1.29, 1.82) is 0 Å². The van der Waals surface area contributed by atoms with Gasteiger partial charge in [-0.25, -0.2) is 14.8 Å². The van der Waals surface area contributed by atoms with Gasteiger partial charge < -0.3 is 15.5 Å². The highest BCUT2D eigenvalue weighted by molar-refractivity contribution is 5.93. The molecule has 3 rings (SSSR count). The van der Waals surface area contributed by atoms with Gasteiger partial charge in [0, 0.05) is 24.0 Å². The van der Waals surface area contributed by atoms with Crippen LogP contribution >= 0.6 is 0 Å². The number of para-hydroxylation sites is 1. The van der Waals surface area contributed by atoms with E-state index < -0.39 is 5.97 Å². The van der Waals surface area contributed by atoms with Crippen molar-refractivity contribution < 1.29 is 15.0 Å².